The van der Waals surface area contributed by atoms with Gasteiger partial charge < -0.3 is 24.4 Å². The number of anilines is 1. The van der Waals surface area contributed by atoms with Crippen molar-refractivity contribution in [3.8, 4) is 11.5 Å². The maximum atomic E-state index is 13.5. The van der Waals surface area contributed by atoms with Crippen molar-refractivity contribution < 1.29 is 19.0 Å². The third-order valence-electron chi connectivity index (χ3n) is 6.07. The molecule has 0 aliphatic carbocycles. The number of nitrogens with one attached hydrogen (secondary N) is 1. The normalized spacial score (nSPS) is 24.8. The fourth-order valence-electron chi connectivity index (χ4n) is 4.68. The maximum Gasteiger partial charge on any atom is 0.257 e. The third-order valence-corrected chi connectivity index (χ3v) is 6.07. The molecule has 6 heteroatoms. The van der Waals surface area contributed by atoms with Gasteiger partial charge in [0, 0.05) is 36.4 Å². The van der Waals surface area contributed by atoms with Gasteiger partial charge in [0.25, 0.3) is 5.91 Å². The largest absolute Gasteiger partial charge is 0.493 e. The number of hydrogen-bond acceptors (Lipinski definition) is 5. The minimum absolute atomic E-state index is 0.0158. The van der Waals surface area contributed by atoms with Crippen LogP contribution in [0.3, 0.4) is 0 Å². The number of rotatable bonds is 5. The van der Waals surface area contributed by atoms with E-state index < -0.39 is 0 Å². The van der Waals surface area contributed by atoms with Crippen molar-refractivity contribution in [2.45, 2.75) is 51.5 Å². The standard InChI is InChI=1S/C24H28N2O4/c1-3-28-22-12-16-11-15(2)30-21(16)13-19(22)23-25-20-9-5-4-8-18(20)24(27)26(23)14-17-7-6-10-29-17/h4-5,8-9,12-13,15,17,23,25H,3,6-7,10-11,14H2,1-2H3/t15-,17-,23-/m1/s1. The Kier molecular flexibility index (Phi) is 5.03. The highest BCUT2D eigenvalue weighted by molar-refractivity contribution is 6.01. The summed E-state index contributed by atoms with van der Waals surface area (Å²) in [7, 11) is 0. The van der Waals surface area contributed by atoms with Gasteiger partial charge in [-0.1, -0.05) is 12.1 Å². The number of carbonyl (C=O) groups is 1. The van der Waals surface area contributed by atoms with Crippen LogP contribution in [0.2, 0.25) is 0 Å². The van der Waals surface area contributed by atoms with Crippen LogP contribution in [-0.4, -0.2) is 42.8 Å². The van der Waals surface area contributed by atoms with E-state index >= 15 is 0 Å². The molecule has 2 aromatic carbocycles. The number of fused-ring (bicyclic) bond motifs is 2. The predicted octanol–water partition coefficient (Wildman–Crippen LogP) is 4.15. The molecule has 0 aromatic heterocycles. The van der Waals surface area contributed by atoms with E-state index in [1.807, 2.05) is 42.2 Å². The minimum Gasteiger partial charge on any atom is -0.493 e. The Hall–Kier alpha value is -2.73. The van der Waals surface area contributed by atoms with Crippen LogP contribution < -0.4 is 14.8 Å². The van der Waals surface area contributed by atoms with Crippen LogP contribution in [0.1, 0.15) is 54.3 Å². The first-order valence-corrected chi connectivity index (χ1v) is 10.9. The summed E-state index contributed by atoms with van der Waals surface area (Å²) in [5.41, 5.74) is 3.61. The molecule has 0 unspecified atom stereocenters. The average molecular weight is 408 g/mol. The van der Waals surface area contributed by atoms with Crippen LogP contribution in [-0.2, 0) is 11.2 Å². The molecule has 1 saturated heterocycles. The van der Waals surface area contributed by atoms with Crippen molar-refractivity contribution in [3.05, 3.63) is 53.1 Å². The van der Waals surface area contributed by atoms with Gasteiger partial charge >= 0.3 is 0 Å². The van der Waals surface area contributed by atoms with Crippen molar-refractivity contribution in [2.75, 3.05) is 25.1 Å². The Bertz CT molecular complexity index is 954. The van der Waals surface area contributed by atoms with E-state index in [1.54, 1.807) is 0 Å². The van der Waals surface area contributed by atoms with Gasteiger partial charge in [-0.25, -0.2) is 0 Å². The van der Waals surface area contributed by atoms with Crippen LogP contribution in [0, 0.1) is 0 Å². The molecule has 5 rings (SSSR count). The first-order chi connectivity index (χ1) is 14.6. The van der Waals surface area contributed by atoms with Gasteiger partial charge in [-0.05, 0) is 51.0 Å². The summed E-state index contributed by atoms with van der Waals surface area (Å²) in [6, 6.07) is 11.8. The van der Waals surface area contributed by atoms with Crippen molar-refractivity contribution in [3.63, 3.8) is 0 Å². The SMILES string of the molecule is CCOc1cc2c(cc1[C@@H]1Nc3ccccc3C(=O)N1C[C@H]1CCCO1)O[C@H](C)C2. The molecular weight excluding hydrogens is 380 g/mol. The molecule has 30 heavy (non-hydrogen) atoms. The monoisotopic (exact) mass is 408 g/mol. The zero-order valence-corrected chi connectivity index (χ0v) is 17.5. The van der Waals surface area contributed by atoms with Crippen molar-refractivity contribution in [2.24, 2.45) is 0 Å². The van der Waals surface area contributed by atoms with Crippen molar-refractivity contribution >= 4 is 11.6 Å². The molecule has 3 heterocycles. The summed E-state index contributed by atoms with van der Waals surface area (Å²) in [5, 5.41) is 3.58. The fraction of sp³-hybridized carbons (Fsp3) is 0.458. The first-order valence-electron chi connectivity index (χ1n) is 10.9. The molecule has 6 nitrogen and oxygen atoms in total. The number of carbonyl (C=O) groups excluding carboxylic acids is 1. The molecule has 3 atom stereocenters. The Morgan fingerprint density at radius 1 is 1.27 bits per heavy atom. The minimum atomic E-state index is -0.344. The van der Waals surface area contributed by atoms with Gasteiger partial charge in [0.2, 0.25) is 0 Å². The first kappa shape index (κ1) is 19.2. The van der Waals surface area contributed by atoms with Crippen LogP contribution in [0.5, 0.6) is 11.5 Å². The number of para-hydroxylation sites is 1. The Labute approximate surface area is 177 Å². The molecular formula is C24H28N2O4. The molecule has 158 valence electrons. The Balaban J connectivity index is 1.58. The molecule has 3 aliphatic rings. The van der Waals surface area contributed by atoms with E-state index in [-0.39, 0.29) is 24.3 Å². The van der Waals surface area contributed by atoms with Crippen LogP contribution in [0.15, 0.2) is 36.4 Å². The number of amides is 1. The zero-order chi connectivity index (χ0) is 20.7. The number of hydrogen-bond donors (Lipinski definition) is 1. The van der Waals surface area contributed by atoms with Crippen molar-refractivity contribution in [1.29, 1.82) is 0 Å². The molecule has 2 aromatic rings. The summed E-state index contributed by atoms with van der Waals surface area (Å²) < 4.78 is 17.9. The molecule has 0 bridgehead atoms. The summed E-state index contributed by atoms with van der Waals surface area (Å²) >= 11 is 0. The topological polar surface area (TPSA) is 60.0 Å². The van der Waals surface area contributed by atoms with Crippen LogP contribution in [0.25, 0.3) is 0 Å². The van der Waals surface area contributed by atoms with E-state index in [0.717, 1.165) is 54.2 Å². The molecule has 0 saturated carbocycles. The zero-order valence-electron chi connectivity index (χ0n) is 17.5. The van der Waals surface area contributed by atoms with Gasteiger partial charge in [0.05, 0.1) is 18.3 Å². The molecule has 0 spiro atoms. The molecule has 0 radical (unpaired) electrons. The Morgan fingerprint density at radius 2 is 2.13 bits per heavy atom. The number of ether oxygens (including phenoxy) is 3. The van der Waals surface area contributed by atoms with E-state index in [0.29, 0.717) is 18.7 Å². The van der Waals surface area contributed by atoms with Crippen LogP contribution in [0.4, 0.5) is 5.69 Å². The lowest BCUT2D eigenvalue weighted by atomic mass is 9.99. The van der Waals surface area contributed by atoms with E-state index in [1.165, 1.54) is 0 Å². The fourth-order valence-corrected chi connectivity index (χ4v) is 4.68. The van der Waals surface area contributed by atoms with Crippen LogP contribution >= 0.6 is 0 Å². The summed E-state index contributed by atoms with van der Waals surface area (Å²) in [6.07, 6.45) is 2.74. The molecule has 1 fully saturated rings. The molecule has 1 amide bonds. The van der Waals surface area contributed by atoms with Gasteiger partial charge in [0.15, 0.2) is 0 Å². The highest BCUT2D eigenvalue weighted by Gasteiger charge is 2.37. The van der Waals surface area contributed by atoms with Crippen molar-refractivity contribution in [1.82, 2.24) is 4.90 Å². The van der Waals surface area contributed by atoms with Gasteiger partial charge in [-0.3, -0.25) is 4.79 Å². The smallest absolute Gasteiger partial charge is 0.257 e. The highest BCUT2D eigenvalue weighted by atomic mass is 16.5. The van der Waals surface area contributed by atoms with E-state index in [2.05, 4.69) is 18.3 Å². The summed E-state index contributed by atoms with van der Waals surface area (Å²) in [4.78, 5) is 15.4. The number of benzene rings is 2. The summed E-state index contributed by atoms with van der Waals surface area (Å²) in [6.45, 7) is 5.92. The molecule has 3 aliphatic heterocycles. The maximum absolute atomic E-state index is 13.5. The lowest BCUT2D eigenvalue weighted by Gasteiger charge is -2.39. The van der Waals surface area contributed by atoms with E-state index in [4.69, 9.17) is 14.2 Å². The highest BCUT2D eigenvalue weighted by Crippen LogP contribution is 2.42. The quantitative estimate of drug-likeness (QED) is 0.805. The second kappa shape index (κ2) is 7.84. The molecule has 1 N–H and O–H groups in total. The van der Waals surface area contributed by atoms with Gasteiger partial charge in [-0.15, -0.1) is 0 Å². The van der Waals surface area contributed by atoms with Gasteiger partial charge in [0.1, 0.15) is 23.8 Å². The predicted molar refractivity (Wildman–Crippen MR) is 114 cm³/mol. The third kappa shape index (κ3) is 3.39. The second-order valence-electron chi connectivity index (χ2n) is 8.25. The lowest BCUT2D eigenvalue weighted by Crippen LogP contribution is -2.46. The summed E-state index contributed by atoms with van der Waals surface area (Å²) in [5.74, 6) is 1.70. The average Bonchev–Trinajstić information content (AvgIpc) is 3.38. The lowest BCUT2D eigenvalue weighted by molar-refractivity contribution is 0.0423. The van der Waals surface area contributed by atoms with E-state index in [9.17, 15) is 4.79 Å². The second-order valence-corrected chi connectivity index (χ2v) is 8.25. The Morgan fingerprint density at radius 3 is 2.93 bits per heavy atom. The number of nitrogens with zero attached hydrogens (tertiary/aromatic N) is 1. The van der Waals surface area contributed by atoms with Gasteiger partial charge in [-0.2, -0.15) is 0 Å².